The predicted molar refractivity (Wildman–Crippen MR) is 81.7 cm³/mol. The molecule has 3 rings (SSSR count). The van der Waals surface area contributed by atoms with Crippen molar-refractivity contribution in [2.24, 2.45) is 0 Å². The number of hydrogen-bond donors (Lipinski definition) is 1. The number of nitrogens with one attached hydrogen (secondary N) is 1. The standard InChI is InChI=1S/C14H16BrN5O/c15-12-9-17-18-13(12)14(21)20-6-4-19(5-7-20)10-11-2-1-3-16-8-11/h1-3,8-9H,4-7,10H2,(H,17,18). The fourth-order valence-electron chi connectivity index (χ4n) is 2.44. The number of hydrogen-bond acceptors (Lipinski definition) is 4. The van der Waals surface area contributed by atoms with Crippen LogP contribution < -0.4 is 0 Å². The van der Waals surface area contributed by atoms with Crippen LogP contribution in [0.2, 0.25) is 0 Å². The number of piperazine rings is 1. The zero-order valence-corrected chi connectivity index (χ0v) is 13.1. The van der Waals surface area contributed by atoms with Crippen molar-refractivity contribution in [3.8, 4) is 0 Å². The van der Waals surface area contributed by atoms with Gasteiger partial charge in [-0.3, -0.25) is 19.8 Å². The van der Waals surface area contributed by atoms with E-state index in [-0.39, 0.29) is 5.91 Å². The normalized spacial score (nSPS) is 16.1. The van der Waals surface area contributed by atoms with Gasteiger partial charge < -0.3 is 4.90 Å². The Kier molecular flexibility index (Phi) is 4.31. The second-order valence-electron chi connectivity index (χ2n) is 5.02. The summed E-state index contributed by atoms with van der Waals surface area (Å²) < 4.78 is 0.713. The van der Waals surface area contributed by atoms with E-state index in [1.807, 2.05) is 17.2 Å². The van der Waals surface area contributed by atoms with Crippen LogP contribution in [-0.4, -0.2) is 57.1 Å². The summed E-state index contributed by atoms with van der Waals surface area (Å²) in [6.07, 6.45) is 5.27. The molecular weight excluding hydrogens is 334 g/mol. The lowest BCUT2D eigenvalue weighted by molar-refractivity contribution is 0.0621. The molecule has 1 saturated heterocycles. The molecule has 7 heteroatoms. The molecule has 6 nitrogen and oxygen atoms in total. The van der Waals surface area contributed by atoms with E-state index in [1.54, 1.807) is 12.4 Å². The maximum atomic E-state index is 12.3. The molecule has 1 aliphatic heterocycles. The number of pyridine rings is 1. The Hall–Kier alpha value is -1.73. The van der Waals surface area contributed by atoms with Crippen molar-refractivity contribution < 1.29 is 4.79 Å². The first kappa shape index (κ1) is 14.2. The third-order valence-corrected chi connectivity index (χ3v) is 4.20. The zero-order chi connectivity index (χ0) is 14.7. The number of carbonyl (C=O) groups excluding carboxylic acids is 1. The molecule has 1 N–H and O–H groups in total. The molecular formula is C14H16BrN5O. The van der Waals surface area contributed by atoms with Crippen molar-refractivity contribution in [3.05, 3.63) is 46.5 Å². The minimum Gasteiger partial charge on any atom is -0.335 e. The largest absolute Gasteiger partial charge is 0.335 e. The van der Waals surface area contributed by atoms with Gasteiger partial charge in [0.15, 0.2) is 0 Å². The van der Waals surface area contributed by atoms with Crippen LogP contribution in [0.1, 0.15) is 16.1 Å². The fourth-order valence-corrected chi connectivity index (χ4v) is 2.80. The van der Waals surface area contributed by atoms with Gasteiger partial charge in [-0.1, -0.05) is 6.07 Å². The van der Waals surface area contributed by atoms with Crippen LogP contribution in [0.4, 0.5) is 0 Å². The van der Waals surface area contributed by atoms with Gasteiger partial charge in [0.25, 0.3) is 5.91 Å². The predicted octanol–water partition coefficient (Wildman–Crippen LogP) is 1.53. The monoisotopic (exact) mass is 349 g/mol. The molecule has 1 fully saturated rings. The molecule has 2 aromatic rings. The highest BCUT2D eigenvalue weighted by atomic mass is 79.9. The smallest absolute Gasteiger partial charge is 0.273 e. The molecule has 3 heterocycles. The third kappa shape index (κ3) is 3.30. The SMILES string of the molecule is O=C(c1[nH]ncc1Br)N1CCN(Cc2cccnc2)CC1. The van der Waals surface area contributed by atoms with Crippen molar-refractivity contribution in [1.29, 1.82) is 0 Å². The van der Waals surface area contributed by atoms with Crippen LogP contribution in [0.25, 0.3) is 0 Å². The summed E-state index contributed by atoms with van der Waals surface area (Å²) in [5.74, 6) is 0.000373. The van der Waals surface area contributed by atoms with E-state index in [1.165, 1.54) is 5.56 Å². The Labute approximate surface area is 131 Å². The molecule has 0 atom stereocenters. The Morgan fingerprint density at radius 1 is 1.29 bits per heavy atom. The van der Waals surface area contributed by atoms with E-state index < -0.39 is 0 Å². The molecule has 21 heavy (non-hydrogen) atoms. The number of aromatic amines is 1. The lowest BCUT2D eigenvalue weighted by Gasteiger charge is -2.34. The second kappa shape index (κ2) is 6.36. The van der Waals surface area contributed by atoms with Gasteiger partial charge in [-0.2, -0.15) is 5.10 Å². The first-order valence-electron chi connectivity index (χ1n) is 6.83. The highest BCUT2D eigenvalue weighted by Gasteiger charge is 2.24. The van der Waals surface area contributed by atoms with E-state index in [2.05, 4.69) is 42.1 Å². The average Bonchev–Trinajstić information content (AvgIpc) is 2.94. The minimum absolute atomic E-state index is 0.000373. The average molecular weight is 350 g/mol. The summed E-state index contributed by atoms with van der Waals surface area (Å²) in [4.78, 5) is 20.7. The highest BCUT2D eigenvalue weighted by molar-refractivity contribution is 9.10. The maximum Gasteiger partial charge on any atom is 0.273 e. The van der Waals surface area contributed by atoms with Crippen LogP contribution in [0.3, 0.4) is 0 Å². The van der Waals surface area contributed by atoms with Crippen LogP contribution in [-0.2, 0) is 6.54 Å². The molecule has 0 unspecified atom stereocenters. The van der Waals surface area contributed by atoms with Crippen LogP contribution in [0.15, 0.2) is 35.2 Å². The molecule has 0 spiro atoms. The Bertz CT molecular complexity index is 607. The van der Waals surface area contributed by atoms with Crippen LogP contribution >= 0.6 is 15.9 Å². The zero-order valence-electron chi connectivity index (χ0n) is 11.5. The molecule has 2 aromatic heterocycles. The van der Waals surface area contributed by atoms with Crippen molar-refractivity contribution in [2.45, 2.75) is 6.54 Å². The van der Waals surface area contributed by atoms with E-state index in [0.717, 1.165) is 32.7 Å². The number of rotatable bonds is 3. The number of nitrogens with zero attached hydrogens (tertiary/aromatic N) is 4. The molecule has 0 radical (unpaired) electrons. The van der Waals surface area contributed by atoms with Crippen molar-refractivity contribution >= 4 is 21.8 Å². The minimum atomic E-state index is 0.000373. The highest BCUT2D eigenvalue weighted by Crippen LogP contribution is 2.16. The van der Waals surface area contributed by atoms with Gasteiger partial charge in [0.1, 0.15) is 5.69 Å². The van der Waals surface area contributed by atoms with Gasteiger partial charge in [-0.15, -0.1) is 0 Å². The number of carbonyl (C=O) groups is 1. The van der Waals surface area contributed by atoms with Gasteiger partial charge in [0, 0.05) is 45.1 Å². The lowest BCUT2D eigenvalue weighted by atomic mass is 10.2. The van der Waals surface area contributed by atoms with Gasteiger partial charge in [0.05, 0.1) is 10.7 Å². The van der Waals surface area contributed by atoms with Crippen molar-refractivity contribution in [2.75, 3.05) is 26.2 Å². The molecule has 1 amide bonds. The Morgan fingerprint density at radius 3 is 2.71 bits per heavy atom. The van der Waals surface area contributed by atoms with Gasteiger partial charge in [0.2, 0.25) is 0 Å². The number of amides is 1. The summed E-state index contributed by atoms with van der Waals surface area (Å²) in [6, 6.07) is 4.02. The van der Waals surface area contributed by atoms with Crippen LogP contribution in [0, 0.1) is 0 Å². The summed E-state index contributed by atoms with van der Waals surface area (Å²) in [7, 11) is 0. The first-order valence-corrected chi connectivity index (χ1v) is 7.63. The molecule has 0 aliphatic carbocycles. The topological polar surface area (TPSA) is 65.1 Å². The summed E-state index contributed by atoms with van der Waals surface area (Å²) >= 11 is 3.33. The quantitative estimate of drug-likeness (QED) is 0.912. The number of halogens is 1. The van der Waals surface area contributed by atoms with Gasteiger partial charge >= 0.3 is 0 Å². The second-order valence-corrected chi connectivity index (χ2v) is 5.88. The Balaban J connectivity index is 1.56. The molecule has 1 aliphatic rings. The summed E-state index contributed by atoms with van der Waals surface area (Å²) in [5.41, 5.74) is 1.73. The number of aromatic nitrogens is 3. The summed E-state index contributed by atoms with van der Waals surface area (Å²) in [5, 5.41) is 6.62. The molecule has 0 saturated carbocycles. The van der Waals surface area contributed by atoms with Gasteiger partial charge in [-0.25, -0.2) is 0 Å². The lowest BCUT2D eigenvalue weighted by Crippen LogP contribution is -2.48. The molecule has 0 bridgehead atoms. The van der Waals surface area contributed by atoms with Crippen molar-refractivity contribution in [3.63, 3.8) is 0 Å². The number of H-pyrrole nitrogens is 1. The maximum absolute atomic E-state index is 12.3. The van der Waals surface area contributed by atoms with E-state index in [4.69, 9.17) is 0 Å². The van der Waals surface area contributed by atoms with Crippen LogP contribution in [0.5, 0.6) is 0 Å². The third-order valence-electron chi connectivity index (χ3n) is 3.60. The van der Waals surface area contributed by atoms with Crippen molar-refractivity contribution in [1.82, 2.24) is 25.0 Å². The van der Waals surface area contributed by atoms with Gasteiger partial charge in [-0.05, 0) is 27.6 Å². The van der Waals surface area contributed by atoms with E-state index in [9.17, 15) is 4.79 Å². The molecule has 0 aromatic carbocycles. The van der Waals surface area contributed by atoms with E-state index in [0.29, 0.717) is 10.2 Å². The molecule has 110 valence electrons. The fraction of sp³-hybridized carbons (Fsp3) is 0.357. The summed E-state index contributed by atoms with van der Waals surface area (Å²) in [6.45, 7) is 4.07. The Morgan fingerprint density at radius 2 is 2.10 bits per heavy atom. The van der Waals surface area contributed by atoms with E-state index >= 15 is 0 Å². The first-order chi connectivity index (χ1) is 10.2.